The summed E-state index contributed by atoms with van der Waals surface area (Å²) in [5.74, 6) is 0.0911. The highest BCUT2D eigenvalue weighted by molar-refractivity contribution is 6.00. The molecule has 0 spiro atoms. The van der Waals surface area contributed by atoms with Crippen LogP contribution in [0.5, 0.6) is 0 Å². The van der Waals surface area contributed by atoms with Crippen LogP contribution in [0.25, 0.3) is 16.7 Å². The molecule has 3 aromatic heterocycles. The highest BCUT2D eigenvalue weighted by Gasteiger charge is 2.28. The fourth-order valence-electron chi connectivity index (χ4n) is 4.77. The van der Waals surface area contributed by atoms with Gasteiger partial charge in [0, 0.05) is 18.8 Å². The number of amides is 1. The molecule has 5 rings (SSSR count). The molecule has 2 fully saturated rings. The zero-order chi connectivity index (χ0) is 21.4. The Morgan fingerprint density at radius 2 is 2.06 bits per heavy atom. The lowest BCUT2D eigenvalue weighted by Gasteiger charge is -2.23. The standard InChI is InChI=1S/C23H27N5O3/c24-20-17(22(29)25-15-7-2-1-3-8-15)13-18-21(28(20)14-16-9-6-12-31-16)26-19-10-4-5-11-27(19)23(18)30/h4-5,10-11,13,15-16,24H,1-3,6-9,12,14H2,(H,25,29)/p+1/t16-/m1/s1. The van der Waals surface area contributed by atoms with Crippen LogP contribution >= 0.6 is 0 Å². The Kier molecular flexibility index (Phi) is 5.31. The number of pyridine rings is 2. The van der Waals surface area contributed by atoms with Gasteiger partial charge in [-0.15, -0.1) is 0 Å². The lowest BCUT2D eigenvalue weighted by atomic mass is 9.95. The topological polar surface area (TPSA) is 103 Å². The maximum Gasteiger partial charge on any atom is 0.278 e. The first kappa shape index (κ1) is 19.9. The van der Waals surface area contributed by atoms with E-state index in [1.807, 2.05) is 6.07 Å². The Balaban J connectivity index is 1.65. The second-order valence-electron chi connectivity index (χ2n) is 8.58. The van der Waals surface area contributed by atoms with Crippen molar-refractivity contribution in [1.29, 1.82) is 0 Å². The zero-order valence-corrected chi connectivity index (χ0v) is 17.5. The number of nitrogens with zero attached hydrogens (tertiary/aromatic N) is 3. The molecular weight excluding hydrogens is 394 g/mol. The Bertz CT molecular complexity index is 1190. The largest absolute Gasteiger partial charge is 0.375 e. The minimum absolute atomic E-state index is 0.0109. The van der Waals surface area contributed by atoms with Gasteiger partial charge in [-0.05, 0) is 43.9 Å². The summed E-state index contributed by atoms with van der Waals surface area (Å²) >= 11 is 0. The molecule has 0 radical (unpaired) electrons. The third-order valence-corrected chi connectivity index (χ3v) is 6.46. The van der Waals surface area contributed by atoms with Gasteiger partial charge < -0.3 is 15.8 Å². The minimum atomic E-state index is -0.232. The summed E-state index contributed by atoms with van der Waals surface area (Å²) in [4.78, 5) is 31.2. The first-order valence-corrected chi connectivity index (χ1v) is 11.2. The van der Waals surface area contributed by atoms with E-state index in [0.717, 1.165) is 38.5 Å². The van der Waals surface area contributed by atoms with Crippen LogP contribution in [0, 0.1) is 0 Å². The van der Waals surface area contributed by atoms with Crippen molar-refractivity contribution in [3.05, 3.63) is 46.4 Å². The molecule has 1 aliphatic carbocycles. The molecule has 1 amide bonds. The number of rotatable bonds is 4. The van der Waals surface area contributed by atoms with Crippen LogP contribution < -0.4 is 21.2 Å². The molecule has 1 aliphatic heterocycles. The van der Waals surface area contributed by atoms with Crippen LogP contribution in [0.1, 0.15) is 55.3 Å². The van der Waals surface area contributed by atoms with E-state index in [-0.39, 0.29) is 23.6 Å². The highest BCUT2D eigenvalue weighted by Crippen LogP contribution is 2.21. The van der Waals surface area contributed by atoms with Crippen LogP contribution in [-0.4, -0.2) is 34.0 Å². The monoisotopic (exact) mass is 422 g/mol. The van der Waals surface area contributed by atoms with E-state index >= 15 is 0 Å². The summed E-state index contributed by atoms with van der Waals surface area (Å²) in [5.41, 5.74) is 7.66. The summed E-state index contributed by atoms with van der Waals surface area (Å²) in [6.45, 7) is 1.17. The third-order valence-electron chi connectivity index (χ3n) is 6.46. The smallest absolute Gasteiger partial charge is 0.278 e. The van der Waals surface area contributed by atoms with Gasteiger partial charge in [-0.2, -0.15) is 0 Å². The van der Waals surface area contributed by atoms with Crippen LogP contribution in [0.4, 0.5) is 5.82 Å². The molecule has 1 saturated carbocycles. The molecule has 1 saturated heterocycles. The normalized spacial score (nSPS) is 19.8. The van der Waals surface area contributed by atoms with Crippen molar-refractivity contribution in [3.63, 3.8) is 0 Å². The van der Waals surface area contributed by atoms with E-state index in [1.165, 1.54) is 10.8 Å². The van der Waals surface area contributed by atoms with Crippen molar-refractivity contribution in [1.82, 2.24) is 14.7 Å². The van der Waals surface area contributed by atoms with E-state index < -0.39 is 0 Å². The van der Waals surface area contributed by atoms with E-state index in [9.17, 15) is 9.59 Å². The van der Waals surface area contributed by atoms with E-state index in [0.29, 0.717) is 41.2 Å². The first-order valence-electron chi connectivity index (χ1n) is 11.2. The lowest BCUT2D eigenvalue weighted by Crippen LogP contribution is -2.47. The Labute approximate surface area is 180 Å². The van der Waals surface area contributed by atoms with E-state index in [1.54, 1.807) is 29.0 Å². The molecular formula is C23H28N5O3+. The molecule has 0 bridgehead atoms. The summed E-state index contributed by atoms with van der Waals surface area (Å²) in [5, 5.41) is 3.50. The molecule has 3 N–H and O–H groups in total. The predicted molar refractivity (Wildman–Crippen MR) is 117 cm³/mol. The maximum absolute atomic E-state index is 13.3. The van der Waals surface area contributed by atoms with E-state index in [4.69, 9.17) is 15.5 Å². The number of nitrogens with two attached hydrogens (primary N) is 1. The van der Waals surface area contributed by atoms with Gasteiger partial charge in [0.1, 0.15) is 10.9 Å². The van der Waals surface area contributed by atoms with Crippen molar-refractivity contribution in [3.8, 4) is 0 Å². The molecule has 2 aliphatic rings. The second-order valence-corrected chi connectivity index (χ2v) is 8.58. The number of hydrogen-bond acceptors (Lipinski definition) is 5. The lowest BCUT2D eigenvalue weighted by molar-refractivity contribution is -0.666. The highest BCUT2D eigenvalue weighted by atomic mass is 16.5. The number of anilines is 1. The van der Waals surface area contributed by atoms with Crippen LogP contribution in [0.3, 0.4) is 0 Å². The summed E-state index contributed by atoms with van der Waals surface area (Å²) in [7, 11) is 0. The van der Waals surface area contributed by atoms with Crippen molar-refractivity contribution in [2.75, 3.05) is 12.3 Å². The SMILES string of the molecule is Nc1c(C(=O)NC2CCCCC2)cc2c(=O)n3ccccc3nc2[n+]1C[C@H]1CCCO1. The number of hydrogen-bond donors (Lipinski definition) is 2. The van der Waals surface area contributed by atoms with Gasteiger partial charge in [0.05, 0.1) is 12.6 Å². The summed E-state index contributed by atoms with van der Waals surface area (Å²) in [6.07, 6.45) is 8.98. The molecule has 162 valence electrons. The number of carbonyl (C=O) groups excluding carboxylic acids is 1. The molecule has 0 aromatic carbocycles. The number of fused-ring (bicyclic) bond motifs is 2. The quantitative estimate of drug-likeness (QED) is 0.494. The van der Waals surface area contributed by atoms with Crippen LogP contribution in [-0.2, 0) is 11.3 Å². The number of aromatic nitrogens is 3. The fraction of sp³-hybridized carbons (Fsp3) is 0.478. The first-order chi connectivity index (χ1) is 15.1. The van der Waals surface area contributed by atoms with Crippen molar-refractivity contribution >= 4 is 28.4 Å². The molecule has 1 atom stereocenters. The van der Waals surface area contributed by atoms with Gasteiger partial charge >= 0.3 is 0 Å². The molecule has 0 unspecified atom stereocenters. The Morgan fingerprint density at radius 1 is 1.23 bits per heavy atom. The van der Waals surface area contributed by atoms with Gasteiger partial charge in [-0.3, -0.25) is 14.0 Å². The maximum atomic E-state index is 13.3. The van der Waals surface area contributed by atoms with E-state index in [2.05, 4.69) is 5.32 Å². The Hall–Kier alpha value is -3.00. The zero-order valence-electron chi connectivity index (χ0n) is 17.5. The molecule has 3 aromatic rings. The predicted octanol–water partition coefficient (Wildman–Crippen LogP) is 1.96. The van der Waals surface area contributed by atoms with Gasteiger partial charge in [0.2, 0.25) is 11.5 Å². The average Bonchev–Trinajstić information content (AvgIpc) is 3.30. The number of nitrogen functional groups attached to an aromatic ring is 1. The molecule has 4 heterocycles. The Morgan fingerprint density at radius 3 is 2.84 bits per heavy atom. The molecule has 31 heavy (non-hydrogen) atoms. The van der Waals surface area contributed by atoms with Gasteiger partial charge in [-0.1, -0.05) is 30.3 Å². The van der Waals surface area contributed by atoms with Crippen molar-refractivity contribution in [2.24, 2.45) is 0 Å². The van der Waals surface area contributed by atoms with Crippen molar-refractivity contribution in [2.45, 2.75) is 63.6 Å². The minimum Gasteiger partial charge on any atom is -0.375 e. The second kappa shape index (κ2) is 8.26. The van der Waals surface area contributed by atoms with Crippen LogP contribution in [0.15, 0.2) is 35.3 Å². The van der Waals surface area contributed by atoms with Gasteiger partial charge in [0.25, 0.3) is 17.1 Å². The van der Waals surface area contributed by atoms with Gasteiger partial charge in [0.15, 0.2) is 0 Å². The van der Waals surface area contributed by atoms with Crippen LogP contribution in [0.2, 0.25) is 0 Å². The summed E-state index contributed by atoms with van der Waals surface area (Å²) in [6, 6.07) is 7.17. The van der Waals surface area contributed by atoms with Gasteiger partial charge in [-0.25, -0.2) is 4.57 Å². The third kappa shape index (κ3) is 3.76. The average molecular weight is 423 g/mol. The van der Waals surface area contributed by atoms with Crippen molar-refractivity contribution < 1.29 is 14.1 Å². The fourth-order valence-corrected chi connectivity index (χ4v) is 4.77. The molecule has 8 nitrogen and oxygen atoms in total. The number of nitrogens with one attached hydrogen (secondary N) is 1. The number of carbonyl (C=O) groups is 1. The molecule has 8 heteroatoms. The number of ether oxygens (including phenoxy) is 1. The summed E-state index contributed by atoms with van der Waals surface area (Å²) < 4.78 is 9.10.